The van der Waals surface area contributed by atoms with Gasteiger partial charge in [0.05, 0.1) is 13.2 Å². The molecule has 17 heavy (non-hydrogen) atoms. The van der Waals surface area contributed by atoms with Crippen LogP contribution in [0, 0.1) is 4.77 Å². The fraction of sp³-hybridized carbons (Fsp3) is 0.333. The topological polar surface area (TPSA) is 88.6 Å². The number of H-pyrrole nitrogens is 2. The molecule has 0 atom stereocenters. The van der Waals surface area contributed by atoms with E-state index in [1.807, 2.05) is 0 Å². The number of aromatic amines is 2. The van der Waals surface area contributed by atoms with E-state index in [0.29, 0.717) is 29.4 Å². The zero-order valence-corrected chi connectivity index (χ0v) is 9.95. The average Bonchev–Trinajstić information content (AvgIpc) is 2.75. The fourth-order valence-corrected chi connectivity index (χ4v) is 1.45. The summed E-state index contributed by atoms with van der Waals surface area (Å²) < 4.78 is 6.57. The Balaban J connectivity index is 2.36. The molecule has 0 amide bonds. The predicted molar refractivity (Wildman–Crippen MR) is 63.1 cm³/mol. The molecule has 2 aromatic heterocycles. The maximum Gasteiger partial charge on any atom is 0.266 e. The molecule has 0 aliphatic carbocycles. The van der Waals surface area contributed by atoms with Crippen LogP contribution in [-0.4, -0.2) is 38.7 Å². The van der Waals surface area contributed by atoms with Crippen molar-refractivity contribution >= 4 is 12.2 Å². The lowest BCUT2D eigenvalue weighted by molar-refractivity contribution is 0.182. The fourth-order valence-electron chi connectivity index (χ4n) is 1.30. The number of hydrogen-bond donors (Lipinski definition) is 2. The van der Waals surface area contributed by atoms with Crippen molar-refractivity contribution in [1.29, 1.82) is 0 Å². The number of methoxy groups -OCH3 is 1. The van der Waals surface area contributed by atoms with E-state index in [1.165, 1.54) is 10.7 Å². The highest BCUT2D eigenvalue weighted by atomic mass is 32.1. The molecule has 0 aliphatic heterocycles. The lowest BCUT2D eigenvalue weighted by atomic mass is 10.4. The van der Waals surface area contributed by atoms with E-state index in [9.17, 15) is 4.79 Å². The Morgan fingerprint density at radius 2 is 2.29 bits per heavy atom. The maximum atomic E-state index is 11.5. The molecule has 0 spiro atoms. The van der Waals surface area contributed by atoms with E-state index in [-0.39, 0.29) is 5.56 Å². The largest absolute Gasteiger partial charge is 0.383 e. The van der Waals surface area contributed by atoms with Gasteiger partial charge in [0, 0.05) is 13.2 Å². The molecule has 0 bridgehead atoms. The van der Waals surface area contributed by atoms with Crippen molar-refractivity contribution in [2.45, 2.75) is 6.54 Å². The minimum atomic E-state index is -0.181. The highest BCUT2D eigenvalue weighted by molar-refractivity contribution is 7.71. The van der Waals surface area contributed by atoms with E-state index < -0.39 is 0 Å². The molecule has 2 heterocycles. The Morgan fingerprint density at radius 1 is 1.47 bits per heavy atom. The van der Waals surface area contributed by atoms with Crippen LogP contribution >= 0.6 is 12.2 Å². The zero-order chi connectivity index (χ0) is 12.3. The molecule has 8 heteroatoms. The van der Waals surface area contributed by atoms with Gasteiger partial charge in [0.25, 0.3) is 5.56 Å². The Bertz CT molecular complexity index is 614. The van der Waals surface area contributed by atoms with Gasteiger partial charge in [0.15, 0.2) is 5.82 Å². The number of rotatable bonds is 4. The van der Waals surface area contributed by atoms with Crippen LogP contribution in [0.25, 0.3) is 11.5 Å². The van der Waals surface area contributed by atoms with Crippen LogP contribution in [0.3, 0.4) is 0 Å². The number of ether oxygens (including phenoxy) is 1. The van der Waals surface area contributed by atoms with Crippen molar-refractivity contribution in [3.63, 3.8) is 0 Å². The standard InChI is InChI=1S/C9H11N5O2S/c1-16-5-4-14-7(15)3-2-6(13-14)8-10-9(17)12-11-8/h2-3H,4-5H2,1H3,(H2,10,11,12,17). The lowest BCUT2D eigenvalue weighted by Crippen LogP contribution is -2.24. The molecule has 7 nitrogen and oxygen atoms in total. The molecular weight excluding hydrogens is 242 g/mol. The quantitative estimate of drug-likeness (QED) is 0.767. The minimum absolute atomic E-state index is 0.181. The van der Waals surface area contributed by atoms with E-state index in [4.69, 9.17) is 17.0 Å². The van der Waals surface area contributed by atoms with Gasteiger partial charge in [-0.05, 0) is 18.3 Å². The first-order valence-corrected chi connectivity index (χ1v) is 5.33. The number of nitrogens with zero attached hydrogens (tertiary/aromatic N) is 3. The summed E-state index contributed by atoms with van der Waals surface area (Å²) in [5, 5.41) is 9.60. The summed E-state index contributed by atoms with van der Waals surface area (Å²) in [5.74, 6) is 0.501. The van der Waals surface area contributed by atoms with Crippen molar-refractivity contribution in [2.75, 3.05) is 13.7 Å². The third-order valence-electron chi connectivity index (χ3n) is 2.12. The van der Waals surface area contributed by atoms with Crippen LogP contribution in [0.15, 0.2) is 16.9 Å². The summed E-state index contributed by atoms with van der Waals surface area (Å²) in [7, 11) is 1.57. The summed E-state index contributed by atoms with van der Waals surface area (Å²) in [5.41, 5.74) is 0.369. The summed E-state index contributed by atoms with van der Waals surface area (Å²) in [6.07, 6.45) is 0. The molecule has 0 unspecified atom stereocenters. The Labute approximate surface area is 101 Å². The normalized spacial score (nSPS) is 10.6. The number of aromatic nitrogens is 5. The lowest BCUT2D eigenvalue weighted by Gasteiger charge is -2.04. The van der Waals surface area contributed by atoms with Gasteiger partial charge in [-0.25, -0.2) is 4.68 Å². The summed E-state index contributed by atoms with van der Waals surface area (Å²) >= 11 is 4.85. The summed E-state index contributed by atoms with van der Waals surface area (Å²) in [6.45, 7) is 0.821. The second-order valence-corrected chi connectivity index (χ2v) is 3.68. The second kappa shape index (κ2) is 5.02. The molecule has 0 radical (unpaired) electrons. The van der Waals surface area contributed by atoms with E-state index in [0.717, 1.165) is 0 Å². The Morgan fingerprint density at radius 3 is 2.94 bits per heavy atom. The highest BCUT2D eigenvalue weighted by Gasteiger charge is 2.05. The second-order valence-electron chi connectivity index (χ2n) is 3.29. The molecule has 0 aromatic carbocycles. The van der Waals surface area contributed by atoms with Crippen LogP contribution in [-0.2, 0) is 11.3 Å². The SMILES string of the molecule is COCCn1nc(-c2nc(=S)[nH][nH]2)ccc1=O. The van der Waals surface area contributed by atoms with Crippen molar-refractivity contribution in [2.24, 2.45) is 0 Å². The third kappa shape index (κ3) is 2.66. The van der Waals surface area contributed by atoms with E-state index >= 15 is 0 Å². The summed E-state index contributed by atoms with van der Waals surface area (Å²) in [4.78, 5) is 15.5. The van der Waals surface area contributed by atoms with Gasteiger partial charge in [-0.15, -0.1) is 0 Å². The molecular formula is C9H11N5O2S. The molecule has 90 valence electrons. The first-order chi connectivity index (χ1) is 8.20. The van der Waals surface area contributed by atoms with Gasteiger partial charge in [-0.1, -0.05) is 0 Å². The van der Waals surface area contributed by atoms with Crippen LogP contribution < -0.4 is 5.56 Å². The van der Waals surface area contributed by atoms with Gasteiger partial charge in [0.1, 0.15) is 5.69 Å². The van der Waals surface area contributed by atoms with Crippen LogP contribution in [0.2, 0.25) is 0 Å². The molecule has 0 saturated carbocycles. The highest BCUT2D eigenvalue weighted by Crippen LogP contribution is 2.07. The van der Waals surface area contributed by atoms with E-state index in [2.05, 4.69) is 20.3 Å². The number of hydrogen-bond acceptors (Lipinski definition) is 5. The van der Waals surface area contributed by atoms with Gasteiger partial charge < -0.3 is 4.74 Å². The summed E-state index contributed by atoms with van der Waals surface area (Å²) in [6, 6.07) is 3.02. The Hall–Kier alpha value is -1.80. The average molecular weight is 253 g/mol. The van der Waals surface area contributed by atoms with Crippen LogP contribution in [0.1, 0.15) is 0 Å². The molecule has 2 aromatic rings. The van der Waals surface area contributed by atoms with Gasteiger partial charge in [-0.2, -0.15) is 10.1 Å². The molecule has 2 N–H and O–H groups in total. The molecule has 0 saturated heterocycles. The maximum absolute atomic E-state index is 11.5. The van der Waals surface area contributed by atoms with Gasteiger partial charge in [-0.3, -0.25) is 15.0 Å². The molecule has 0 aliphatic rings. The van der Waals surface area contributed by atoms with Crippen molar-refractivity contribution in [3.05, 3.63) is 27.3 Å². The monoisotopic (exact) mass is 253 g/mol. The first-order valence-electron chi connectivity index (χ1n) is 4.93. The zero-order valence-electron chi connectivity index (χ0n) is 9.14. The van der Waals surface area contributed by atoms with Gasteiger partial charge in [0.2, 0.25) is 4.77 Å². The third-order valence-corrected chi connectivity index (χ3v) is 2.31. The smallest absolute Gasteiger partial charge is 0.266 e. The van der Waals surface area contributed by atoms with Crippen molar-refractivity contribution in [3.8, 4) is 11.5 Å². The molecule has 2 rings (SSSR count). The molecule has 0 fully saturated rings. The first kappa shape index (κ1) is 11.7. The van der Waals surface area contributed by atoms with Crippen molar-refractivity contribution < 1.29 is 4.74 Å². The van der Waals surface area contributed by atoms with Crippen molar-refractivity contribution in [1.82, 2.24) is 25.0 Å². The van der Waals surface area contributed by atoms with Gasteiger partial charge >= 0.3 is 0 Å². The van der Waals surface area contributed by atoms with Crippen LogP contribution in [0.5, 0.6) is 0 Å². The minimum Gasteiger partial charge on any atom is -0.383 e. The van der Waals surface area contributed by atoms with Crippen LogP contribution in [0.4, 0.5) is 0 Å². The Kier molecular flexibility index (Phi) is 3.45. The van der Waals surface area contributed by atoms with E-state index in [1.54, 1.807) is 13.2 Å². The predicted octanol–water partition coefficient (Wildman–Crippen LogP) is 0.337. The number of nitrogens with one attached hydrogen (secondary N) is 2.